The molecule has 2 aliphatic heterocycles. The first-order chi connectivity index (χ1) is 9.36. The number of piperidine rings is 1. The SMILES string of the molecule is CCOC(=O)C1(NCC(F)(F)F)CCN2CCCC2C1. The molecule has 2 rings (SSSR count). The summed E-state index contributed by atoms with van der Waals surface area (Å²) in [6.07, 6.45) is -1.57. The molecule has 2 fully saturated rings. The number of rotatable bonds is 4. The first-order valence-electron chi connectivity index (χ1n) is 7.09. The minimum Gasteiger partial charge on any atom is -0.465 e. The Bertz CT molecular complexity index is 362. The summed E-state index contributed by atoms with van der Waals surface area (Å²) in [6.45, 7) is 2.32. The van der Waals surface area contributed by atoms with Gasteiger partial charge in [0.1, 0.15) is 5.54 Å². The second kappa shape index (κ2) is 5.89. The van der Waals surface area contributed by atoms with Crippen LogP contribution in [-0.2, 0) is 9.53 Å². The molecule has 0 amide bonds. The van der Waals surface area contributed by atoms with E-state index in [-0.39, 0.29) is 12.6 Å². The number of hydrogen-bond donors (Lipinski definition) is 1. The van der Waals surface area contributed by atoms with Crippen LogP contribution in [0.5, 0.6) is 0 Å². The highest BCUT2D eigenvalue weighted by molar-refractivity contribution is 5.81. The molecule has 2 aliphatic rings. The maximum atomic E-state index is 12.5. The Morgan fingerprint density at radius 2 is 2.20 bits per heavy atom. The summed E-state index contributed by atoms with van der Waals surface area (Å²) in [5, 5.41) is 2.45. The number of halogens is 3. The van der Waals surface area contributed by atoms with Gasteiger partial charge in [-0.05, 0) is 39.2 Å². The zero-order valence-corrected chi connectivity index (χ0v) is 11.6. The van der Waals surface area contributed by atoms with E-state index >= 15 is 0 Å². The van der Waals surface area contributed by atoms with Crippen molar-refractivity contribution < 1.29 is 22.7 Å². The Morgan fingerprint density at radius 1 is 1.45 bits per heavy atom. The van der Waals surface area contributed by atoms with E-state index in [2.05, 4.69) is 10.2 Å². The molecule has 0 radical (unpaired) electrons. The van der Waals surface area contributed by atoms with Crippen molar-refractivity contribution in [1.29, 1.82) is 0 Å². The number of ether oxygens (including phenoxy) is 1. The van der Waals surface area contributed by atoms with E-state index in [0.29, 0.717) is 19.4 Å². The zero-order chi connectivity index (χ0) is 14.8. The average molecular weight is 294 g/mol. The third-order valence-electron chi connectivity index (χ3n) is 4.20. The number of nitrogens with one attached hydrogen (secondary N) is 1. The van der Waals surface area contributed by atoms with Gasteiger partial charge in [-0.25, -0.2) is 0 Å². The molecule has 2 heterocycles. The first-order valence-corrected chi connectivity index (χ1v) is 7.09. The van der Waals surface area contributed by atoms with Crippen molar-refractivity contribution in [3.05, 3.63) is 0 Å². The van der Waals surface area contributed by atoms with Crippen LogP contribution in [0.3, 0.4) is 0 Å². The maximum Gasteiger partial charge on any atom is 0.401 e. The van der Waals surface area contributed by atoms with E-state index < -0.39 is 24.2 Å². The predicted molar refractivity (Wildman–Crippen MR) is 67.3 cm³/mol. The van der Waals surface area contributed by atoms with Crippen LogP contribution in [0.25, 0.3) is 0 Å². The molecule has 0 aliphatic carbocycles. The van der Waals surface area contributed by atoms with Gasteiger partial charge in [0.15, 0.2) is 0 Å². The van der Waals surface area contributed by atoms with Crippen molar-refractivity contribution in [1.82, 2.24) is 10.2 Å². The molecule has 7 heteroatoms. The highest BCUT2D eigenvalue weighted by Gasteiger charge is 2.48. The fourth-order valence-corrected chi connectivity index (χ4v) is 3.22. The number of hydrogen-bond acceptors (Lipinski definition) is 4. The van der Waals surface area contributed by atoms with Gasteiger partial charge in [0, 0.05) is 12.6 Å². The van der Waals surface area contributed by atoms with Crippen LogP contribution in [-0.4, -0.2) is 54.9 Å². The van der Waals surface area contributed by atoms with E-state index in [0.717, 1.165) is 19.4 Å². The Balaban J connectivity index is 2.09. The van der Waals surface area contributed by atoms with E-state index in [1.165, 1.54) is 0 Å². The Morgan fingerprint density at radius 3 is 2.85 bits per heavy atom. The van der Waals surface area contributed by atoms with Crippen LogP contribution in [0, 0.1) is 0 Å². The molecule has 2 unspecified atom stereocenters. The van der Waals surface area contributed by atoms with Gasteiger partial charge in [0.05, 0.1) is 13.2 Å². The molecule has 0 bridgehead atoms. The topological polar surface area (TPSA) is 41.6 Å². The highest BCUT2D eigenvalue weighted by Crippen LogP contribution is 2.34. The van der Waals surface area contributed by atoms with Crippen molar-refractivity contribution in [2.75, 3.05) is 26.2 Å². The first kappa shape index (κ1) is 15.6. The second-order valence-electron chi connectivity index (χ2n) is 5.56. The Labute approximate surface area is 116 Å². The molecule has 0 aromatic carbocycles. The van der Waals surface area contributed by atoms with Crippen LogP contribution >= 0.6 is 0 Å². The summed E-state index contributed by atoms with van der Waals surface area (Å²) in [4.78, 5) is 14.4. The molecule has 0 saturated carbocycles. The Hall–Kier alpha value is -0.820. The van der Waals surface area contributed by atoms with Crippen molar-refractivity contribution in [3.63, 3.8) is 0 Å². The van der Waals surface area contributed by atoms with Crippen LogP contribution in [0.15, 0.2) is 0 Å². The van der Waals surface area contributed by atoms with Gasteiger partial charge in [-0.2, -0.15) is 13.2 Å². The highest BCUT2D eigenvalue weighted by atomic mass is 19.4. The molecule has 1 N–H and O–H groups in total. The number of fused-ring (bicyclic) bond motifs is 1. The van der Waals surface area contributed by atoms with Crippen molar-refractivity contribution >= 4 is 5.97 Å². The summed E-state index contributed by atoms with van der Waals surface area (Å²) < 4.78 is 42.4. The molecule has 116 valence electrons. The van der Waals surface area contributed by atoms with Crippen molar-refractivity contribution in [2.45, 2.75) is 50.4 Å². The van der Waals surface area contributed by atoms with E-state index in [1.807, 2.05) is 0 Å². The van der Waals surface area contributed by atoms with Crippen LogP contribution in [0.1, 0.15) is 32.6 Å². The summed E-state index contributed by atoms with van der Waals surface area (Å²) in [6, 6.07) is 0.189. The normalized spacial score (nSPS) is 31.1. The lowest BCUT2D eigenvalue weighted by Gasteiger charge is -2.43. The van der Waals surface area contributed by atoms with E-state index in [4.69, 9.17) is 4.74 Å². The van der Waals surface area contributed by atoms with E-state index in [1.54, 1.807) is 6.92 Å². The summed E-state index contributed by atoms with van der Waals surface area (Å²) in [5.41, 5.74) is -1.18. The van der Waals surface area contributed by atoms with Gasteiger partial charge in [-0.3, -0.25) is 10.1 Å². The fraction of sp³-hybridized carbons (Fsp3) is 0.923. The predicted octanol–water partition coefficient (Wildman–Crippen LogP) is 1.70. The molecular weight excluding hydrogens is 273 g/mol. The van der Waals surface area contributed by atoms with E-state index in [9.17, 15) is 18.0 Å². The average Bonchev–Trinajstić information content (AvgIpc) is 2.82. The number of alkyl halides is 3. The molecule has 0 spiro atoms. The quantitative estimate of drug-likeness (QED) is 0.801. The van der Waals surface area contributed by atoms with Crippen molar-refractivity contribution in [3.8, 4) is 0 Å². The van der Waals surface area contributed by atoms with Crippen LogP contribution < -0.4 is 5.32 Å². The lowest BCUT2D eigenvalue weighted by atomic mass is 9.83. The fourth-order valence-electron chi connectivity index (χ4n) is 3.22. The molecule has 0 aromatic rings. The summed E-state index contributed by atoms with van der Waals surface area (Å²) >= 11 is 0. The van der Waals surface area contributed by atoms with Gasteiger partial charge >= 0.3 is 12.1 Å². The van der Waals surface area contributed by atoms with Gasteiger partial charge in [0.25, 0.3) is 0 Å². The van der Waals surface area contributed by atoms with Crippen LogP contribution in [0.2, 0.25) is 0 Å². The molecule has 4 nitrogen and oxygen atoms in total. The lowest BCUT2D eigenvalue weighted by molar-refractivity contribution is -0.159. The van der Waals surface area contributed by atoms with Gasteiger partial charge in [-0.15, -0.1) is 0 Å². The number of carbonyl (C=O) groups is 1. The van der Waals surface area contributed by atoms with Gasteiger partial charge in [0.2, 0.25) is 0 Å². The standard InChI is InChI=1S/C13H21F3N2O2/c1-2-20-11(19)12(17-9-13(14,15)16)5-7-18-6-3-4-10(18)8-12/h10,17H,2-9H2,1H3. The molecule has 0 aromatic heterocycles. The maximum absolute atomic E-state index is 12.5. The third kappa shape index (κ3) is 3.44. The molecule has 2 atom stereocenters. The summed E-state index contributed by atoms with van der Waals surface area (Å²) in [7, 11) is 0. The minimum atomic E-state index is -4.33. The zero-order valence-electron chi connectivity index (χ0n) is 11.6. The molecule has 20 heavy (non-hydrogen) atoms. The number of esters is 1. The minimum absolute atomic E-state index is 0.183. The lowest BCUT2D eigenvalue weighted by Crippen LogP contribution is -2.62. The Kier molecular flexibility index (Phi) is 4.59. The summed E-state index contributed by atoms with van der Waals surface area (Å²) in [5.74, 6) is -0.546. The van der Waals surface area contributed by atoms with Crippen molar-refractivity contribution in [2.24, 2.45) is 0 Å². The van der Waals surface area contributed by atoms with Crippen LogP contribution in [0.4, 0.5) is 13.2 Å². The monoisotopic (exact) mass is 294 g/mol. The number of nitrogens with zero attached hydrogens (tertiary/aromatic N) is 1. The molecular formula is C13H21F3N2O2. The largest absolute Gasteiger partial charge is 0.465 e. The smallest absolute Gasteiger partial charge is 0.401 e. The second-order valence-corrected chi connectivity index (χ2v) is 5.56. The molecule has 2 saturated heterocycles. The van der Waals surface area contributed by atoms with Gasteiger partial charge in [-0.1, -0.05) is 0 Å². The number of carbonyl (C=O) groups excluding carboxylic acids is 1. The third-order valence-corrected chi connectivity index (χ3v) is 4.20. The van der Waals surface area contributed by atoms with Gasteiger partial charge < -0.3 is 9.64 Å².